The Balaban J connectivity index is 1.59. The Labute approximate surface area is 138 Å². The minimum atomic E-state index is -0.0218. The smallest absolute Gasteiger partial charge is 0.322 e. The van der Waals surface area contributed by atoms with Gasteiger partial charge in [-0.3, -0.25) is 4.90 Å². The lowest BCUT2D eigenvalue weighted by Gasteiger charge is -2.24. The molecule has 3 rings (SSSR count). The first-order valence-corrected chi connectivity index (χ1v) is 8.69. The average Bonchev–Trinajstić information content (AvgIpc) is 3.19. The highest BCUT2D eigenvalue weighted by Crippen LogP contribution is 2.26. The number of para-hydroxylation sites is 2. The summed E-state index contributed by atoms with van der Waals surface area (Å²) in [6.45, 7) is 8.01. The second-order valence-electron chi connectivity index (χ2n) is 6.72. The van der Waals surface area contributed by atoms with E-state index in [1.54, 1.807) is 0 Å². The van der Waals surface area contributed by atoms with E-state index in [4.69, 9.17) is 4.74 Å². The number of urea groups is 1. The van der Waals surface area contributed by atoms with Crippen LogP contribution in [0.3, 0.4) is 0 Å². The van der Waals surface area contributed by atoms with Gasteiger partial charge in [0.1, 0.15) is 5.75 Å². The van der Waals surface area contributed by atoms with Crippen LogP contribution in [0, 0.1) is 0 Å². The minimum absolute atomic E-state index is 0.0218. The molecular weight excluding hydrogens is 290 g/mol. The maximum atomic E-state index is 12.6. The van der Waals surface area contributed by atoms with Gasteiger partial charge in [-0.2, -0.15) is 0 Å². The van der Waals surface area contributed by atoms with Crippen LogP contribution in [0.2, 0.25) is 0 Å². The van der Waals surface area contributed by atoms with Crippen LogP contribution in [0.15, 0.2) is 24.3 Å². The fourth-order valence-corrected chi connectivity index (χ4v) is 3.45. The van der Waals surface area contributed by atoms with Crippen LogP contribution in [-0.2, 0) is 0 Å². The molecule has 5 nitrogen and oxygen atoms in total. The molecule has 5 heteroatoms. The highest BCUT2D eigenvalue weighted by Gasteiger charge is 2.31. The van der Waals surface area contributed by atoms with Gasteiger partial charge in [0.05, 0.1) is 11.8 Å². The monoisotopic (exact) mass is 317 g/mol. The molecule has 1 aromatic rings. The van der Waals surface area contributed by atoms with Gasteiger partial charge in [-0.05, 0) is 58.3 Å². The van der Waals surface area contributed by atoms with Crippen LogP contribution >= 0.6 is 0 Å². The summed E-state index contributed by atoms with van der Waals surface area (Å²) in [4.78, 5) is 17.0. The lowest BCUT2D eigenvalue weighted by atomic mass is 10.2. The Morgan fingerprint density at radius 1 is 1.22 bits per heavy atom. The third-order valence-electron chi connectivity index (χ3n) is 4.60. The van der Waals surface area contributed by atoms with E-state index in [2.05, 4.69) is 10.2 Å². The number of nitrogens with one attached hydrogen (secondary N) is 1. The van der Waals surface area contributed by atoms with Crippen LogP contribution in [-0.4, -0.2) is 54.2 Å². The van der Waals surface area contributed by atoms with Gasteiger partial charge in [-0.1, -0.05) is 12.1 Å². The number of carbonyl (C=O) groups excluding carboxylic acids is 1. The van der Waals surface area contributed by atoms with E-state index >= 15 is 0 Å². The SMILES string of the molecule is CC(C)Oc1ccccc1NC(=O)N1CC[C@H](N2CCCC2)C1. The largest absolute Gasteiger partial charge is 0.489 e. The lowest BCUT2D eigenvalue weighted by Crippen LogP contribution is -2.38. The first-order valence-electron chi connectivity index (χ1n) is 8.69. The molecule has 0 bridgehead atoms. The van der Waals surface area contributed by atoms with Crippen molar-refractivity contribution in [3.05, 3.63) is 24.3 Å². The lowest BCUT2D eigenvalue weighted by molar-refractivity contribution is 0.209. The van der Waals surface area contributed by atoms with E-state index in [-0.39, 0.29) is 12.1 Å². The second-order valence-corrected chi connectivity index (χ2v) is 6.72. The van der Waals surface area contributed by atoms with Crippen molar-refractivity contribution in [2.24, 2.45) is 0 Å². The Hall–Kier alpha value is -1.75. The summed E-state index contributed by atoms with van der Waals surface area (Å²) < 4.78 is 5.77. The van der Waals surface area contributed by atoms with Crippen LogP contribution in [0.25, 0.3) is 0 Å². The Bertz CT molecular complexity index is 541. The molecule has 2 aliphatic heterocycles. The van der Waals surface area contributed by atoms with Gasteiger partial charge >= 0.3 is 6.03 Å². The van der Waals surface area contributed by atoms with Gasteiger partial charge in [-0.15, -0.1) is 0 Å². The zero-order chi connectivity index (χ0) is 16.2. The first-order chi connectivity index (χ1) is 11.1. The fourth-order valence-electron chi connectivity index (χ4n) is 3.45. The van der Waals surface area contributed by atoms with E-state index in [1.807, 2.05) is 43.0 Å². The van der Waals surface area contributed by atoms with Gasteiger partial charge in [-0.25, -0.2) is 4.79 Å². The number of hydrogen-bond donors (Lipinski definition) is 1. The molecule has 0 saturated carbocycles. The molecule has 0 radical (unpaired) electrons. The van der Waals surface area contributed by atoms with Gasteiger partial charge in [0, 0.05) is 19.1 Å². The summed E-state index contributed by atoms with van der Waals surface area (Å²) in [6.07, 6.45) is 3.75. The predicted molar refractivity (Wildman–Crippen MR) is 92.0 cm³/mol. The minimum Gasteiger partial charge on any atom is -0.489 e. The van der Waals surface area contributed by atoms with Crippen molar-refractivity contribution in [1.29, 1.82) is 0 Å². The van der Waals surface area contributed by atoms with Crippen LogP contribution in [0.5, 0.6) is 5.75 Å². The Morgan fingerprint density at radius 2 is 1.96 bits per heavy atom. The van der Waals surface area contributed by atoms with Crippen molar-refractivity contribution in [2.45, 2.75) is 45.3 Å². The summed E-state index contributed by atoms with van der Waals surface area (Å²) in [5, 5.41) is 3.01. The molecule has 0 aromatic heterocycles. The Morgan fingerprint density at radius 3 is 2.70 bits per heavy atom. The number of likely N-dealkylation sites (tertiary alicyclic amines) is 2. The molecule has 0 unspecified atom stereocenters. The number of nitrogens with zero attached hydrogens (tertiary/aromatic N) is 2. The van der Waals surface area contributed by atoms with Crippen LogP contribution < -0.4 is 10.1 Å². The number of anilines is 1. The normalized spacial score (nSPS) is 21.9. The molecule has 2 aliphatic rings. The quantitative estimate of drug-likeness (QED) is 0.927. The topological polar surface area (TPSA) is 44.8 Å². The van der Waals surface area contributed by atoms with Crippen molar-refractivity contribution in [3.63, 3.8) is 0 Å². The number of rotatable bonds is 4. The molecule has 2 amide bonds. The molecule has 2 fully saturated rings. The molecule has 1 aromatic carbocycles. The van der Waals surface area contributed by atoms with Gasteiger partial charge in [0.25, 0.3) is 0 Å². The highest BCUT2D eigenvalue weighted by molar-refractivity contribution is 5.91. The maximum Gasteiger partial charge on any atom is 0.322 e. The molecule has 2 saturated heterocycles. The first kappa shape index (κ1) is 16.1. The van der Waals surface area contributed by atoms with Crippen molar-refractivity contribution in [1.82, 2.24) is 9.80 Å². The van der Waals surface area contributed by atoms with Crippen molar-refractivity contribution in [3.8, 4) is 5.75 Å². The average molecular weight is 317 g/mol. The van der Waals surface area contributed by atoms with E-state index < -0.39 is 0 Å². The zero-order valence-corrected chi connectivity index (χ0v) is 14.1. The summed E-state index contributed by atoms with van der Waals surface area (Å²) >= 11 is 0. The number of hydrogen-bond acceptors (Lipinski definition) is 3. The summed E-state index contributed by atoms with van der Waals surface area (Å²) in [5.74, 6) is 0.728. The number of ether oxygens (including phenoxy) is 1. The van der Waals surface area contributed by atoms with Crippen molar-refractivity contribution in [2.75, 3.05) is 31.5 Å². The molecule has 1 N–H and O–H groups in total. The molecular formula is C18H27N3O2. The van der Waals surface area contributed by atoms with Gasteiger partial charge in [0.15, 0.2) is 0 Å². The molecule has 0 spiro atoms. The fraction of sp³-hybridized carbons (Fsp3) is 0.611. The number of amides is 2. The number of carbonyl (C=O) groups is 1. The highest BCUT2D eigenvalue weighted by atomic mass is 16.5. The Kier molecular flexibility index (Phi) is 5.06. The van der Waals surface area contributed by atoms with Gasteiger partial charge in [0.2, 0.25) is 0 Å². The molecule has 23 heavy (non-hydrogen) atoms. The zero-order valence-electron chi connectivity index (χ0n) is 14.1. The van der Waals surface area contributed by atoms with Crippen molar-refractivity contribution < 1.29 is 9.53 Å². The standard InChI is InChI=1S/C18H27N3O2/c1-14(2)23-17-8-4-3-7-16(17)19-18(22)21-12-9-15(13-21)20-10-5-6-11-20/h3-4,7-8,14-15H,5-6,9-13H2,1-2H3,(H,19,22)/t15-/m0/s1. The van der Waals surface area contributed by atoms with E-state index in [0.29, 0.717) is 6.04 Å². The third-order valence-corrected chi connectivity index (χ3v) is 4.60. The van der Waals surface area contributed by atoms with E-state index in [0.717, 1.165) is 30.9 Å². The molecule has 0 aliphatic carbocycles. The maximum absolute atomic E-state index is 12.6. The van der Waals surface area contributed by atoms with Crippen molar-refractivity contribution >= 4 is 11.7 Å². The second kappa shape index (κ2) is 7.21. The van der Waals surface area contributed by atoms with Gasteiger partial charge < -0.3 is 15.0 Å². The number of benzene rings is 1. The van der Waals surface area contributed by atoms with E-state index in [9.17, 15) is 4.79 Å². The summed E-state index contributed by atoms with van der Waals surface area (Å²) in [5.41, 5.74) is 0.746. The van der Waals surface area contributed by atoms with Crippen LogP contribution in [0.4, 0.5) is 10.5 Å². The predicted octanol–water partition coefficient (Wildman–Crippen LogP) is 3.18. The third kappa shape index (κ3) is 3.96. The van der Waals surface area contributed by atoms with Crippen LogP contribution in [0.1, 0.15) is 33.1 Å². The molecule has 126 valence electrons. The molecule has 2 heterocycles. The summed E-state index contributed by atoms with van der Waals surface area (Å²) in [7, 11) is 0. The summed E-state index contributed by atoms with van der Waals surface area (Å²) in [6, 6.07) is 8.14. The van der Waals surface area contributed by atoms with E-state index in [1.165, 1.54) is 25.9 Å². The molecule has 1 atom stereocenters.